The van der Waals surface area contributed by atoms with Gasteiger partial charge in [-0.05, 0) is 0 Å². The number of aliphatic hydroxyl groups excluding tert-OH is 4. The Bertz CT molecular complexity index is 186. The Balaban J connectivity index is 2.79. The highest BCUT2D eigenvalue weighted by Gasteiger charge is 2.49. The first-order chi connectivity index (χ1) is 5.90. The van der Waals surface area contributed by atoms with Crippen molar-refractivity contribution < 1.29 is 25.2 Å². The van der Waals surface area contributed by atoms with Crippen molar-refractivity contribution in [1.82, 2.24) is 0 Å². The molecule has 0 spiro atoms. The lowest BCUT2D eigenvalue weighted by Gasteiger charge is -2.43. The van der Waals surface area contributed by atoms with Crippen LogP contribution in [0.5, 0.6) is 0 Å². The third-order valence-electron chi connectivity index (χ3n) is 2.05. The van der Waals surface area contributed by atoms with Crippen molar-refractivity contribution >= 4 is 0 Å². The van der Waals surface area contributed by atoms with Crippen molar-refractivity contribution in [3.63, 3.8) is 0 Å². The molecule has 1 saturated heterocycles. The second kappa shape index (κ2) is 3.46. The molecule has 0 aromatic heterocycles. The number of hydrogen-bond acceptors (Lipinski definition) is 7. The zero-order valence-electron chi connectivity index (χ0n) is 6.87. The summed E-state index contributed by atoms with van der Waals surface area (Å²) in [6.07, 6.45) is -5.61. The monoisotopic (exact) mass is 194 g/mol. The van der Waals surface area contributed by atoms with Gasteiger partial charge < -0.3 is 25.2 Å². The highest BCUT2D eigenvalue weighted by molar-refractivity contribution is 4.95. The van der Waals surface area contributed by atoms with Gasteiger partial charge in [-0.15, -0.1) is 0 Å². The first-order valence-electron chi connectivity index (χ1n) is 3.80. The molecule has 4 atom stereocenters. The summed E-state index contributed by atoms with van der Waals surface area (Å²) in [5.41, 5.74) is 10.5. The minimum atomic E-state index is -1.95. The van der Waals surface area contributed by atoms with E-state index in [4.69, 9.17) is 21.3 Å². The van der Waals surface area contributed by atoms with Gasteiger partial charge in [0.15, 0.2) is 5.85 Å². The fourth-order valence-corrected chi connectivity index (χ4v) is 1.22. The van der Waals surface area contributed by atoms with Crippen molar-refractivity contribution in [2.75, 3.05) is 6.61 Å². The van der Waals surface area contributed by atoms with E-state index in [0.29, 0.717) is 0 Å². The molecule has 0 amide bonds. The van der Waals surface area contributed by atoms with Crippen molar-refractivity contribution in [1.29, 1.82) is 0 Å². The molecule has 1 fully saturated rings. The summed E-state index contributed by atoms with van der Waals surface area (Å²) in [5, 5.41) is 36.4. The SMILES string of the molecule is NC1(N)OC(CO)C(O)C(O)C1O. The molecule has 0 aromatic rings. The van der Waals surface area contributed by atoms with Crippen LogP contribution in [0.2, 0.25) is 0 Å². The number of ether oxygens (including phenoxy) is 1. The standard InChI is InChI=1S/C6H14N2O5/c7-6(8)5(12)4(11)3(10)2(1-9)13-6/h2-5,9-12H,1,7-8H2. The molecule has 1 aliphatic rings. The van der Waals surface area contributed by atoms with Crippen LogP contribution >= 0.6 is 0 Å². The molecule has 1 aliphatic heterocycles. The van der Waals surface area contributed by atoms with Gasteiger partial charge in [0.1, 0.15) is 24.4 Å². The van der Waals surface area contributed by atoms with E-state index in [-0.39, 0.29) is 0 Å². The molecule has 1 heterocycles. The molecule has 7 heteroatoms. The van der Waals surface area contributed by atoms with Crippen molar-refractivity contribution in [2.45, 2.75) is 30.3 Å². The molecule has 8 N–H and O–H groups in total. The second-order valence-corrected chi connectivity index (χ2v) is 3.12. The number of hydrogen-bond donors (Lipinski definition) is 6. The highest BCUT2D eigenvalue weighted by atomic mass is 16.6. The van der Waals surface area contributed by atoms with E-state index in [9.17, 15) is 15.3 Å². The molecule has 0 aliphatic carbocycles. The second-order valence-electron chi connectivity index (χ2n) is 3.12. The van der Waals surface area contributed by atoms with E-state index in [1.54, 1.807) is 0 Å². The molecule has 0 bridgehead atoms. The number of aliphatic hydroxyl groups is 4. The van der Waals surface area contributed by atoms with Crippen LogP contribution in [0.3, 0.4) is 0 Å². The third kappa shape index (κ3) is 1.81. The van der Waals surface area contributed by atoms with Gasteiger partial charge in [0.05, 0.1) is 6.61 Å². The first-order valence-corrected chi connectivity index (χ1v) is 3.80. The number of rotatable bonds is 1. The molecule has 1 rings (SSSR count). The lowest BCUT2D eigenvalue weighted by atomic mass is 9.96. The van der Waals surface area contributed by atoms with E-state index in [0.717, 1.165) is 0 Å². The van der Waals surface area contributed by atoms with Crippen LogP contribution in [-0.2, 0) is 4.74 Å². The van der Waals surface area contributed by atoms with E-state index in [2.05, 4.69) is 0 Å². The Hall–Kier alpha value is -0.280. The van der Waals surface area contributed by atoms with Gasteiger partial charge in [-0.1, -0.05) is 0 Å². The molecule has 4 unspecified atom stereocenters. The lowest BCUT2D eigenvalue weighted by Crippen LogP contribution is -2.73. The zero-order valence-corrected chi connectivity index (χ0v) is 6.87. The summed E-state index contributed by atoms with van der Waals surface area (Å²) in [4.78, 5) is 0. The van der Waals surface area contributed by atoms with Crippen molar-refractivity contribution in [2.24, 2.45) is 11.5 Å². The minimum absolute atomic E-state index is 0.541. The predicted molar refractivity (Wildman–Crippen MR) is 41.1 cm³/mol. The van der Waals surface area contributed by atoms with Crippen LogP contribution in [0.15, 0.2) is 0 Å². The Kier molecular flexibility index (Phi) is 2.88. The topological polar surface area (TPSA) is 142 Å². The maximum atomic E-state index is 9.23. The molecule has 0 saturated carbocycles. The maximum Gasteiger partial charge on any atom is 0.199 e. The van der Waals surface area contributed by atoms with Crippen LogP contribution in [-0.4, -0.2) is 57.3 Å². The quantitative estimate of drug-likeness (QED) is 0.234. The maximum absolute atomic E-state index is 9.23. The summed E-state index contributed by atoms with van der Waals surface area (Å²) >= 11 is 0. The highest BCUT2D eigenvalue weighted by Crippen LogP contribution is 2.22. The van der Waals surface area contributed by atoms with E-state index < -0.39 is 36.9 Å². The van der Waals surface area contributed by atoms with Gasteiger partial charge in [-0.3, -0.25) is 11.5 Å². The van der Waals surface area contributed by atoms with Gasteiger partial charge in [-0.2, -0.15) is 0 Å². The Morgan fingerprint density at radius 2 is 1.69 bits per heavy atom. The van der Waals surface area contributed by atoms with Crippen LogP contribution in [0.25, 0.3) is 0 Å². The van der Waals surface area contributed by atoms with E-state index >= 15 is 0 Å². The largest absolute Gasteiger partial charge is 0.394 e. The normalized spacial score (nSPS) is 44.8. The van der Waals surface area contributed by atoms with Gasteiger partial charge >= 0.3 is 0 Å². The smallest absolute Gasteiger partial charge is 0.199 e. The van der Waals surface area contributed by atoms with Gasteiger partial charge in [-0.25, -0.2) is 0 Å². The van der Waals surface area contributed by atoms with Crippen LogP contribution in [0.1, 0.15) is 0 Å². The number of nitrogens with two attached hydrogens (primary N) is 2. The van der Waals surface area contributed by atoms with Gasteiger partial charge in [0.25, 0.3) is 0 Å². The lowest BCUT2D eigenvalue weighted by molar-refractivity contribution is -0.270. The van der Waals surface area contributed by atoms with Crippen LogP contribution in [0.4, 0.5) is 0 Å². The summed E-state index contributed by atoms with van der Waals surface area (Å²) < 4.78 is 4.76. The fraction of sp³-hybridized carbons (Fsp3) is 1.00. The molecule has 78 valence electrons. The summed E-state index contributed by atoms with van der Waals surface area (Å²) in [6.45, 7) is -0.541. The van der Waals surface area contributed by atoms with Crippen LogP contribution < -0.4 is 11.5 Å². The Morgan fingerprint density at radius 3 is 2.15 bits per heavy atom. The zero-order chi connectivity index (χ0) is 10.2. The fourth-order valence-electron chi connectivity index (χ4n) is 1.22. The van der Waals surface area contributed by atoms with Gasteiger partial charge in [0, 0.05) is 0 Å². The predicted octanol–water partition coefficient (Wildman–Crippen LogP) is -3.97. The van der Waals surface area contributed by atoms with E-state index in [1.165, 1.54) is 0 Å². The average Bonchev–Trinajstić information content (AvgIpc) is 2.08. The van der Waals surface area contributed by atoms with Crippen molar-refractivity contribution in [3.05, 3.63) is 0 Å². The molecule has 7 nitrogen and oxygen atoms in total. The average molecular weight is 194 g/mol. The molecule has 0 radical (unpaired) electrons. The summed E-state index contributed by atoms with van der Waals surface area (Å²) in [5.74, 6) is -1.95. The minimum Gasteiger partial charge on any atom is -0.394 e. The summed E-state index contributed by atoms with van der Waals surface area (Å²) in [7, 11) is 0. The van der Waals surface area contributed by atoms with Gasteiger partial charge in [0.2, 0.25) is 0 Å². The molecule has 13 heavy (non-hydrogen) atoms. The first kappa shape index (κ1) is 10.8. The van der Waals surface area contributed by atoms with Crippen molar-refractivity contribution in [3.8, 4) is 0 Å². The van der Waals surface area contributed by atoms with E-state index in [1.807, 2.05) is 0 Å². The third-order valence-corrected chi connectivity index (χ3v) is 2.05. The molecular weight excluding hydrogens is 180 g/mol. The molecule has 0 aromatic carbocycles. The van der Waals surface area contributed by atoms with Crippen LogP contribution in [0, 0.1) is 0 Å². The Labute approximate surface area is 74.5 Å². The molecular formula is C6H14N2O5. The Morgan fingerprint density at radius 1 is 1.15 bits per heavy atom. The summed E-state index contributed by atoms with van der Waals surface area (Å²) in [6, 6.07) is 0.